The zero-order chi connectivity index (χ0) is 11.4. The molecular formula is C14H22ClNO. The maximum absolute atomic E-state index is 6.31. The summed E-state index contributed by atoms with van der Waals surface area (Å²) in [6.45, 7) is 2.71. The Labute approximate surface area is 110 Å². The van der Waals surface area contributed by atoms with Crippen molar-refractivity contribution < 1.29 is 4.74 Å². The summed E-state index contributed by atoms with van der Waals surface area (Å²) in [6, 6.07) is 8.42. The normalized spacial score (nSPS) is 17.5. The number of benzene rings is 1. The van der Waals surface area contributed by atoms with Gasteiger partial charge in [-0.05, 0) is 43.4 Å². The van der Waals surface area contributed by atoms with E-state index >= 15 is 0 Å². The predicted molar refractivity (Wildman–Crippen MR) is 73.7 cm³/mol. The second-order valence-electron chi connectivity index (χ2n) is 4.58. The van der Waals surface area contributed by atoms with Gasteiger partial charge in [-0.2, -0.15) is 0 Å². The zero-order valence-corrected chi connectivity index (χ0v) is 11.2. The van der Waals surface area contributed by atoms with Gasteiger partial charge in [0, 0.05) is 6.04 Å². The molecule has 0 bridgehead atoms. The lowest BCUT2D eigenvalue weighted by Gasteiger charge is -2.19. The Kier molecular flexibility index (Phi) is 5.79. The Balaban J connectivity index is 0.00000144. The Morgan fingerprint density at radius 2 is 2.06 bits per heavy atom. The molecule has 1 atom stereocenters. The number of hydrogen-bond donors (Lipinski definition) is 1. The third kappa shape index (κ3) is 3.62. The van der Waals surface area contributed by atoms with Crippen molar-refractivity contribution in [1.29, 1.82) is 0 Å². The molecule has 17 heavy (non-hydrogen) atoms. The molecule has 0 amide bonds. The average molecular weight is 256 g/mol. The molecule has 96 valence electrons. The van der Waals surface area contributed by atoms with Crippen LogP contribution in [0.4, 0.5) is 0 Å². The van der Waals surface area contributed by atoms with E-state index in [1.54, 1.807) is 0 Å². The first-order valence-electron chi connectivity index (χ1n) is 6.29. The van der Waals surface area contributed by atoms with Crippen LogP contribution in [0.2, 0.25) is 0 Å². The smallest absolute Gasteiger partial charge is 0.119 e. The van der Waals surface area contributed by atoms with Gasteiger partial charge < -0.3 is 10.5 Å². The van der Waals surface area contributed by atoms with Crippen LogP contribution >= 0.6 is 12.4 Å². The summed E-state index contributed by atoms with van der Waals surface area (Å²) in [6.07, 6.45) is 5.23. The molecule has 0 unspecified atom stereocenters. The van der Waals surface area contributed by atoms with Gasteiger partial charge in [0.1, 0.15) is 5.75 Å². The van der Waals surface area contributed by atoms with E-state index in [0.717, 1.165) is 5.75 Å². The summed E-state index contributed by atoms with van der Waals surface area (Å²) in [5.74, 6) is 1.60. The van der Waals surface area contributed by atoms with Gasteiger partial charge in [-0.3, -0.25) is 0 Å². The van der Waals surface area contributed by atoms with E-state index < -0.39 is 0 Å². The molecule has 0 spiro atoms. The maximum atomic E-state index is 6.31. The maximum Gasteiger partial charge on any atom is 0.119 e. The van der Waals surface area contributed by atoms with Crippen molar-refractivity contribution in [3.8, 4) is 5.75 Å². The van der Waals surface area contributed by atoms with Crippen molar-refractivity contribution in [1.82, 2.24) is 0 Å². The van der Waals surface area contributed by atoms with Crippen molar-refractivity contribution in [2.75, 3.05) is 6.61 Å². The topological polar surface area (TPSA) is 35.2 Å². The Hall–Kier alpha value is -0.730. The van der Waals surface area contributed by atoms with Crippen molar-refractivity contribution >= 4 is 12.4 Å². The number of hydrogen-bond acceptors (Lipinski definition) is 2. The molecule has 1 aliphatic carbocycles. The number of halogens is 1. The molecule has 3 heteroatoms. The molecular weight excluding hydrogens is 234 g/mol. The van der Waals surface area contributed by atoms with E-state index in [4.69, 9.17) is 10.5 Å². The van der Waals surface area contributed by atoms with Gasteiger partial charge in [-0.25, -0.2) is 0 Å². The summed E-state index contributed by atoms with van der Waals surface area (Å²) in [5, 5.41) is 0. The molecule has 0 aromatic heterocycles. The fraction of sp³-hybridized carbons (Fsp3) is 0.571. The fourth-order valence-electron chi connectivity index (χ4n) is 2.57. The van der Waals surface area contributed by atoms with Gasteiger partial charge in [0.2, 0.25) is 0 Å². The summed E-state index contributed by atoms with van der Waals surface area (Å²) in [7, 11) is 0. The lowest BCUT2D eigenvalue weighted by Crippen LogP contribution is -2.19. The van der Waals surface area contributed by atoms with Crippen LogP contribution < -0.4 is 10.5 Å². The Morgan fingerprint density at radius 1 is 1.35 bits per heavy atom. The van der Waals surface area contributed by atoms with E-state index in [1.165, 1.54) is 31.2 Å². The Bertz CT molecular complexity index is 337. The van der Waals surface area contributed by atoms with Gasteiger partial charge in [0.05, 0.1) is 6.61 Å². The molecule has 1 fully saturated rings. The summed E-state index contributed by atoms with van der Waals surface area (Å²) < 4.78 is 5.50. The van der Waals surface area contributed by atoms with Gasteiger partial charge in [0.25, 0.3) is 0 Å². The molecule has 0 heterocycles. The number of rotatable bonds is 4. The monoisotopic (exact) mass is 255 g/mol. The Morgan fingerprint density at radius 3 is 2.71 bits per heavy atom. The van der Waals surface area contributed by atoms with Gasteiger partial charge in [-0.15, -0.1) is 12.4 Å². The first kappa shape index (κ1) is 14.3. The van der Waals surface area contributed by atoms with Crippen LogP contribution in [0.25, 0.3) is 0 Å². The molecule has 2 N–H and O–H groups in total. The van der Waals surface area contributed by atoms with E-state index in [-0.39, 0.29) is 18.4 Å². The van der Waals surface area contributed by atoms with E-state index in [0.29, 0.717) is 12.5 Å². The molecule has 2 nitrogen and oxygen atoms in total. The molecule has 1 aliphatic rings. The van der Waals surface area contributed by atoms with Crippen LogP contribution in [-0.4, -0.2) is 6.61 Å². The molecule has 1 saturated carbocycles. The molecule has 0 radical (unpaired) electrons. The van der Waals surface area contributed by atoms with Crippen LogP contribution in [0, 0.1) is 5.92 Å². The highest BCUT2D eigenvalue weighted by molar-refractivity contribution is 5.85. The fourth-order valence-corrected chi connectivity index (χ4v) is 2.57. The third-order valence-electron chi connectivity index (χ3n) is 3.46. The first-order valence-corrected chi connectivity index (χ1v) is 6.29. The SMILES string of the molecule is CCOc1cccc([C@@H](N)C2CCCC2)c1.Cl. The lowest BCUT2D eigenvalue weighted by atomic mass is 9.92. The standard InChI is InChI=1S/C14H21NO.ClH/c1-2-16-13-9-5-8-12(10-13)14(15)11-6-3-4-7-11;/h5,8-11,14H,2-4,6-7,15H2,1H3;1H/t14-;/m0./s1. The summed E-state index contributed by atoms with van der Waals surface area (Å²) in [4.78, 5) is 0. The molecule has 2 rings (SSSR count). The zero-order valence-electron chi connectivity index (χ0n) is 10.4. The van der Waals surface area contributed by atoms with Crippen molar-refractivity contribution in [3.05, 3.63) is 29.8 Å². The van der Waals surface area contributed by atoms with Crippen LogP contribution in [0.5, 0.6) is 5.75 Å². The largest absolute Gasteiger partial charge is 0.494 e. The summed E-state index contributed by atoms with van der Waals surface area (Å²) in [5.41, 5.74) is 7.53. The van der Waals surface area contributed by atoms with Crippen LogP contribution in [-0.2, 0) is 0 Å². The highest BCUT2D eigenvalue weighted by Gasteiger charge is 2.23. The van der Waals surface area contributed by atoms with Crippen LogP contribution in [0.3, 0.4) is 0 Å². The molecule has 1 aromatic carbocycles. The minimum atomic E-state index is 0. The lowest BCUT2D eigenvalue weighted by molar-refractivity contribution is 0.339. The van der Waals surface area contributed by atoms with Crippen molar-refractivity contribution in [2.24, 2.45) is 11.7 Å². The number of nitrogens with two attached hydrogens (primary N) is 1. The van der Waals surface area contributed by atoms with E-state index in [2.05, 4.69) is 12.1 Å². The van der Waals surface area contributed by atoms with Crippen molar-refractivity contribution in [2.45, 2.75) is 38.6 Å². The first-order chi connectivity index (χ1) is 7.81. The molecule has 0 aliphatic heterocycles. The second-order valence-corrected chi connectivity index (χ2v) is 4.58. The highest BCUT2D eigenvalue weighted by atomic mass is 35.5. The third-order valence-corrected chi connectivity index (χ3v) is 3.46. The van der Waals surface area contributed by atoms with Crippen LogP contribution in [0.1, 0.15) is 44.2 Å². The van der Waals surface area contributed by atoms with Gasteiger partial charge >= 0.3 is 0 Å². The summed E-state index contributed by atoms with van der Waals surface area (Å²) >= 11 is 0. The second kappa shape index (κ2) is 6.87. The average Bonchev–Trinajstić information content (AvgIpc) is 2.82. The van der Waals surface area contributed by atoms with E-state index in [9.17, 15) is 0 Å². The van der Waals surface area contributed by atoms with Gasteiger partial charge in [-0.1, -0.05) is 25.0 Å². The molecule has 0 saturated heterocycles. The van der Waals surface area contributed by atoms with Gasteiger partial charge in [0.15, 0.2) is 0 Å². The van der Waals surface area contributed by atoms with Crippen molar-refractivity contribution in [3.63, 3.8) is 0 Å². The van der Waals surface area contributed by atoms with Crippen LogP contribution in [0.15, 0.2) is 24.3 Å². The van der Waals surface area contributed by atoms with E-state index in [1.807, 2.05) is 19.1 Å². The predicted octanol–water partition coefficient (Wildman–Crippen LogP) is 3.70. The minimum absolute atomic E-state index is 0. The molecule has 1 aromatic rings. The quantitative estimate of drug-likeness (QED) is 0.891. The minimum Gasteiger partial charge on any atom is -0.494 e. The number of ether oxygens (including phenoxy) is 1. The highest BCUT2D eigenvalue weighted by Crippen LogP contribution is 2.34.